The second-order valence-corrected chi connectivity index (χ2v) is 4.89. The summed E-state index contributed by atoms with van der Waals surface area (Å²) < 4.78 is 0.103. The predicted molar refractivity (Wildman–Crippen MR) is 64.7 cm³/mol. The van der Waals surface area contributed by atoms with E-state index in [0.717, 1.165) is 12.1 Å². The molecule has 0 aliphatic carbocycles. The fourth-order valence-electron chi connectivity index (χ4n) is 2.03. The van der Waals surface area contributed by atoms with E-state index in [1.807, 2.05) is 11.8 Å². The van der Waals surface area contributed by atoms with Crippen LogP contribution in [0.15, 0.2) is 29.3 Å². The highest BCUT2D eigenvalue weighted by atomic mass is 32.2. The minimum atomic E-state index is 0.103. The first-order valence-corrected chi connectivity index (χ1v) is 6.17. The van der Waals surface area contributed by atoms with Gasteiger partial charge in [0.15, 0.2) is 0 Å². The standard InChI is InChI=1S/C12H15NS/c1-4-11-12(2,14-3)9-7-5-6-8-10(9)13-11/h5-8H,4H2,1-3H3. The molecule has 0 aromatic heterocycles. The molecule has 2 rings (SSSR count). The Hall–Kier alpha value is -0.760. The van der Waals surface area contributed by atoms with Crippen LogP contribution in [0.1, 0.15) is 25.8 Å². The highest BCUT2D eigenvalue weighted by Gasteiger charge is 2.36. The van der Waals surface area contributed by atoms with Crippen LogP contribution in [0.5, 0.6) is 0 Å². The van der Waals surface area contributed by atoms with Gasteiger partial charge in [0.25, 0.3) is 0 Å². The molecule has 0 N–H and O–H groups in total. The molecule has 2 heteroatoms. The Morgan fingerprint density at radius 1 is 1.36 bits per heavy atom. The Morgan fingerprint density at radius 2 is 2.07 bits per heavy atom. The lowest BCUT2D eigenvalue weighted by Crippen LogP contribution is -2.24. The molecule has 0 spiro atoms. The molecule has 0 amide bonds. The van der Waals surface area contributed by atoms with Crippen LogP contribution in [0.25, 0.3) is 0 Å². The number of hydrogen-bond acceptors (Lipinski definition) is 2. The van der Waals surface area contributed by atoms with Crippen molar-refractivity contribution in [3.8, 4) is 0 Å². The molecular weight excluding hydrogens is 190 g/mol. The van der Waals surface area contributed by atoms with Crippen LogP contribution >= 0.6 is 11.8 Å². The van der Waals surface area contributed by atoms with E-state index in [2.05, 4.69) is 49.4 Å². The molecule has 1 atom stereocenters. The van der Waals surface area contributed by atoms with Crippen molar-refractivity contribution in [1.29, 1.82) is 0 Å². The van der Waals surface area contributed by atoms with Crippen molar-refractivity contribution in [3.05, 3.63) is 29.8 Å². The Labute approximate surface area is 89.6 Å². The first-order valence-electron chi connectivity index (χ1n) is 4.95. The van der Waals surface area contributed by atoms with E-state index in [0.29, 0.717) is 0 Å². The predicted octanol–water partition coefficient (Wildman–Crippen LogP) is 3.76. The summed E-state index contributed by atoms with van der Waals surface area (Å²) >= 11 is 1.88. The lowest BCUT2D eigenvalue weighted by molar-refractivity contribution is 0.936. The molecular formula is C12H15NS. The normalized spacial score (nSPS) is 24.6. The van der Waals surface area contributed by atoms with Gasteiger partial charge in [-0.3, -0.25) is 4.99 Å². The van der Waals surface area contributed by atoms with Gasteiger partial charge in [-0.15, -0.1) is 11.8 Å². The van der Waals surface area contributed by atoms with Crippen molar-refractivity contribution in [2.24, 2.45) is 4.99 Å². The number of hydrogen-bond donors (Lipinski definition) is 0. The van der Waals surface area contributed by atoms with E-state index in [-0.39, 0.29) is 4.75 Å². The van der Waals surface area contributed by atoms with Gasteiger partial charge in [0.2, 0.25) is 0 Å². The minimum absolute atomic E-state index is 0.103. The molecule has 1 unspecified atom stereocenters. The molecule has 1 aliphatic heterocycles. The molecule has 1 heterocycles. The van der Waals surface area contributed by atoms with Gasteiger partial charge in [0.1, 0.15) is 0 Å². The molecule has 1 aromatic rings. The van der Waals surface area contributed by atoms with Gasteiger partial charge in [-0.25, -0.2) is 0 Å². The van der Waals surface area contributed by atoms with Gasteiger partial charge < -0.3 is 0 Å². The summed E-state index contributed by atoms with van der Waals surface area (Å²) in [6.45, 7) is 4.45. The SMILES string of the molecule is CCC1=Nc2ccccc2C1(C)SC. The molecule has 1 aromatic carbocycles. The molecule has 0 bridgehead atoms. The lowest BCUT2D eigenvalue weighted by Gasteiger charge is -2.24. The summed E-state index contributed by atoms with van der Waals surface area (Å²) in [6, 6.07) is 8.45. The van der Waals surface area contributed by atoms with Crippen LogP contribution in [-0.4, -0.2) is 12.0 Å². The maximum Gasteiger partial charge on any atom is 0.0779 e. The first kappa shape index (κ1) is 9.78. The van der Waals surface area contributed by atoms with E-state index in [9.17, 15) is 0 Å². The average Bonchev–Trinajstić information content (AvgIpc) is 2.53. The molecule has 1 aliphatic rings. The summed E-state index contributed by atoms with van der Waals surface area (Å²) in [4.78, 5) is 4.69. The van der Waals surface area contributed by atoms with E-state index in [4.69, 9.17) is 0 Å². The second kappa shape index (κ2) is 3.43. The largest absolute Gasteiger partial charge is 0.256 e. The second-order valence-electron chi connectivity index (χ2n) is 3.67. The summed E-state index contributed by atoms with van der Waals surface area (Å²) in [5.74, 6) is 0. The molecule has 14 heavy (non-hydrogen) atoms. The van der Waals surface area contributed by atoms with Crippen molar-refractivity contribution in [2.75, 3.05) is 6.26 Å². The summed E-state index contributed by atoms with van der Waals surface area (Å²) in [5.41, 5.74) is 3.82. The number of para-hydroxylation sites is 1. The summed E-state index contributed by atoms with van der Waals surface area (Å²) in [6.07, 6.45) is 3.19. The van der Waals surface area contributed by atoms with Crippen molar-refractivity contribution in [1.82, 2.24) is 0 Å². The van der Waals surface area contributed by atoms with Crippen molar-refractivity contribution >= 4 is 23.2 Å². The highest BCUT2D eigenvalue weighted by Crippen LogP contribution is 2.46. The number of thioether (sulfide) groups is 1. The number of aliphatic imine (C=N–C) groups is 1. The van der Waals surface area contributed by atoms with E-state index < -0.39 is 0 Å². The maximum atomic E-state index is 4.69. The number of rotatable bonds is 2. The smallest absolute Gasteiger partial charge is 0.0779 e. The molecule has 0 saturated carbocycles. The van der Waals surface area contributed by atoms with Crippen LogP contribution < -0.4 is 0 Å². The Kier molecular flexibility index (Phi) is 2.40. The van der Waals surface area contributed by atoms with Gasteiger partial charge in [-0.1, -0.05) is 25.1 Å². The molecule has 0 fully saturated rings. The number of fused-ring (bicyclic) bond motifs is 1. The maximum absolute atomic E-state index is 4.69. The van der Waals surface area contributed by atoms with Gasteiger partial charge in [0.05, 0.1) is 10.4 Å². The molecule has 1 nitrogen and oxygen atoms in total. The van der Waals surface area contributed by atoms with E-state index in [1.165, 1.54) is 11.3 Å². The molecule has 0 radical (unpaired) electrons. The molecule has 0 saturated heterocycles. The van der Waals surface area contributed by atoms with Crippen LogP contribution in [0.3, 0.4) is 0 Å². The third-order valence-corrected chi connectivity index (χ3v) is 4.24. The minimum Gasteiger partial charge on any atom is -0.256 e. The van der Waals surface area contributed by atoms with Gasteiger partial charge >= 0.3 is 0 Å². The van der Waals surface area contributed by atoms with E-state index >= 15 is 0 Å². The van der Waals surface area contributed by atoms with Gasteiger partial charge in [0, 0.05) is 5.71 Å². The summed E-state index contributed by atoms with van der Waals surface area (Å²) in [7, 11) is 0. The van der Waals surface area contributed by atoms with E-state index in [1.54, 1.807) is 0 Å². The van der Waals surface area contributed by atoms with Crippen molar-refractivity contribution in [3.63, 3.8) is 0 Å². The zero-order valence-corrected chi connectivity index (χ0v) is 9.69. The zero-order valence-electron chi connectivity index (χ0n) is 8.87. The fourth-order valence-corrected chi connectivity index (χ4v) is 2.84. The Balaban J connectivity index is 2.57. The van der Waals surface area contributed by atoms with Gasteiger partial charge in [-0.2, -0.15) is 0 Å². The average molecular weight is 205 g/mol. The van der Waals surface area contributed by atoms with Crippen LogP contribution in [-0.2, 0) is 4.75 Å². The third kappa shape index (κ3) is 1.21. The van der Waals surface area contributed by atoms with Crippen molar-refractivity contribution in [2.45, 2.75) is 25.0 Å². The lowest BCUT2D eigenvalue weighted by atomic mass is 9.95. The Morgan fingerprint density at radius 3 is 2.71 bits per heavy atom. The van der Waals surface area contributed by atoms with Crippen LogP contribution in [0.4, 0.5) is 5.69 Å². The zero-order chi connectivity index (χ0) is 10.2. The highest BCUT2D eigenvalue weighted by molar-refractivity contribution is 8.00. The van der Waals surface area contributed by atoms with Crippen molar-refractivity contribution < 1.29 is 0 Å². The fraction of sp³-hybridized carbons (Fsp3) is 0.417. The van der Waals surface area contributed by atoms with Crippen LogP contribution in [0.2, 0.25) is 0 Å². The van der Waals surface area contributed by atoms with Crippen LogP contribution in [0, 0.1) is 0 Å². The van der Waals surface area contributed by atoms with Gasteiger partial charge in [-0.05, 0) is 31.2 Å². The Bertz CT molecular complexity index is 384. The molecule has 74 valence electrons. The number of nitrogens with zero attached hydrogens (tertiary/aromatic N) is 1. The topological polar surface area (TPSA) is 12.4 Å². The summed E-state index contributed by atoms with van der Waals surface area (Å²) in [5, 5.41) is 0. The third-order valence-electron chi connectivity index (χ3n) is 2.97. The first-order chi connectivity index (χ1) is 6.72. The number of benzene rings is 1. The quantitative estimate of drug-likeness (QED) is 0.716. The monoisotopic (exact) mass is 205 g/mol.